The van der Waals surface area contributed by atoms with E-state index in [0.29, 0.717) is 12.2 Å². The minimum atomic E-state index is -0.517. The van der Waals surface area contributed by atoms with E-state index >= 15 is 0 Å². The summed E-state index contributed by atoms with van der Waals surface area (Å²) < 4.78 is 5.26. The van der Waals surface area contributed by atoms with Gasteiger partial charge in [-0.15, -0.1) is 0 Å². The van der Waals surface area contributed by atoms with E-state index in [4.69, 9.17) is 4.74 Å². The fraction of sp³-hybridized carbons (Fsp3) is 0.636. The number of hydrogen-bond donors (Lipinski definition) is 4. The third-order valence-corrected chi connectivity index (χ3v) is 4.75. The van der Waals surface area contributed by atoms with Crippen LogP contribution in [0.3, 0.4) is 0 Å². The largest absolute Gasteiger partial charge is 0.444 e. The van der Waals surface area contributed by atoms with Gasteiger partial charge in [-0.1, -0.05) is 18.6 Å². The molecule has 0 saturated heterocycles. The van der Waals surface area contributed by atoms with Crippen LogP contribution in [-0.2, 0) is 11.2 Å². The van der Waals surface area contributed by atoms with Crippen LogP contribution in [-0.4, -0.2) is 48.5 Å². The Balaban J connectivity index is 1.78. The van der Waals surface area contributed by atoms with Crippen molar-refractivity contribution in [3.63, 3.8) is 0 Å². The fourth-order valence-electron chi connectivity index (χ4n) is 3.28. The molecule has 1 amide bonds. The van der Waals surface area contributed by atoms with Crippen molar-refractivity contribution in [2.75, 3.05) is 25.0 Å². The number of ether oxygens (including phenoxy) is 1. The van der Waals surface area contributed by atoms with Gasteiger partial charge in [0.15, 0.2) is 5.96 Å². The molecule has 0 radical (unpaired) electrons. The second-order valence-corrected chi connectivity index (χ2v) is 8.48. The van der Waals surface area contributed by atoms with Crippen LogP contribution in [0.2, 0.25) is 0 Å². The summed E-state index contributed by atoms with van der Waals surface area (Å²) in [7, 11) is 0. The summed E-state index contributed by atoms with van der Waals surface area (Å²) in [6.45, 7) is 9.75. The molecule has 0 bridgehead atoms. The van der Waals surface area contributed by atoms with Crippen molar-refractivity contribution < 1.29 is 14.6 Å². The third kappa shape index (κ3) is 8.73. The molecule has 1 aliphatic carbocycles. The summed E-state index contributed by atoms with van der Waals surface area (Å²) in [6.07, 6.45) is 3.20. The number of rotatable bonds is 7. The van der Waals surface area contributed by atoms with Crippen molar-refractivity contribution >= 4 is 17.7 Å². The highest BCUT2D eigenvalue weighted by Gasteiger charge is 2.24. The number of benzene rings is 1. The smallest absolute Gasteiger partial charge is 0.412 e. The zero-order valence-corrected chi connectivity index (χ0v) is 18.1. The first-order chi connectivity index (χ1) is 13.8. The number of nitrogens with zero attached hydrogens (tertiary/aromatic N) is 1. The lowest BCUT2D eigenvalue weighted by Crippen LogP contribution is -2.39. The van der Waals surface area contributed by atoms with E-state index in [1.807, 2.05) is 52.0 Å². The second-order valence-electron chi connectivity index (χ2n) is 8.48. The number of carbonyl (C=O) groups excluding carboxylic acids is 1. The van der Waals surface area contributed by atoms with Gasteiger partial charge in [0.25, 0.3) is 0 Å². The molecular formula is C22H36N4O3. The Morgan fingerprint density at radius 2 is 1.93 bits per heavy atom. The number of aliphatic imine (C=N–C) groups is 1. The highest BCUT2D eigenvalue weighted by molar-refractivity contribution is 5.84. The molecule has 1 saturated carbocycles. The van der Waals surface area contributed by atoms with E-state index in [-0.39, 0.29) is 12.0 Å². The summed E-state index contributed by atoms with van der Waals surface area (Å²) in [6, 6.07) is 7.74. The number of hydrogen-bond acceptors (Lipinski definition) is 4. The molecule has 162 valence electrons. The Hall–Kier alpha value is -2.28. The lowest BCUT2D eigenvalue weighted by atomic mass is 10.1. The lowest BCUT2D eigenvalue weighted by molar-refractivity contribution is 0.0636. The molecule has 1 fully saturated rings. The predicted molar refractivity (Wildman–Crippen MR) is 117 cm³/mol. The Labute approximate surface area is 174 Å². The molecule has 2 rings (SSSR count). The summed E-state index contributed by atoms with van der Waals surface area (Å²) >= 11 is 0. The molecule has 0 spiro atoms. The molecule has 4 N–H and O–H groups in total. The Kier molecular flexibility index (Phi) is 8.76. The zero-order chi connectivity index (χ0) is 21.3. The van der Waals surface area contributed by atoms with E-state index in [1.165, 1.54) is 0 Å². The monoisotopic (exact) mass is 404 g/mol. The SMILES string of the molecule is CCNC(=NCC1CCCC1O)NCCc1ccc(NC(=O)OC(C)(C)C)cc1. The molecule has 7 heteroatoms. The van der Waals surface area contributed by atoms with Crippen LogP contribution in [0.15, 0.2) is 29.3 Å². The topological polar surface area (TPSA) is 95.0 Å². The molecule has 7 nitrogen and oxygen atoms in total. The van der Waals surface area contributed by atoms with Crippen molar-refractivity contribution in [1.82, 2.24) is 10.6 Å². The standard InChI is InChI=1S/C22H36N4O3/c1-5-23-20(25-15-17-7-6-8-19(17)27)24-14-13-16-9-11-18(12-10-16)26-21(28)29-22(2,3)4/h9-12,17,19,27H,5-8,13-15H2,1-4H3,(H,26,28)(H2,23,24,25). The first-order valence-electron chi connectivity index (χ1n) is 10.6. The highest BCUT2D eigenvalue weighted by atomic mass is 16.6. The van der Waals surface area contributed by atoms with E-state index in [9.17, 15) is 9.90 Å². The number of nitrogens with one attached hydrogen (secondary N) is 3. The molecule has 0 heterocycles. The van der Waals surface area contributed by atoms with Gasteiger partial charge in [0.2, 0.25) is 0 Å². The Bertz CT molecular complexity index is 668. The first kappa shape index (κ1) is 23.0. The molecule has 0 aliphatic heterocycles. The van der Waals surface area contributed by atoms with Crippen LogP contribution >= 0.6 is 0 Å². The van der Waals surface area contributed by atoms with Crippen molar-refractivity contribution in [2.24, 2.45) is 10.9 Å². The van der Waals surface area contributed by atoms with Crippen molar-refractivity contribution in [1.29, 1.82) is 0 Å². The minimum absolute atomic E-state index is 0.213. The fourth-order valence-corrected chi connectivity index (χ4v) is 3.28. The van der Waals surface area contributed by atoms with Gasteiger partial charge in [-0.05, 0) is 64.7 Å². The average molecular weight is 405 g/mol. The summed E-state index contributed by atoms with van der Waals surface area (Å²) in [5.41, 5.74) is 1.35. The minimum Gasteiger partial charge on any atom is -0.444 e. The normalized spacial score (nSPS) is 19.7. The summed E-state index contributed by atoms with van der Waals surface area (Å²) in [5, 5.41) is 19.3. The maximum atomic E-state index is 11.8. The average Bonchev–Trinajstić information content (AvgIpc) is 3.04. The summed E-state index contributed by atoms with van der Waals surface area (Å²) in [4.78, 5) is 16.4. The maximum Gasteiger partial charge on any atom is 0.412 e. The number of amides is 1. The first-order valence-corrected chi connectivity index (χ1v) is 10.6. The molecule has 1 aromatic carbocycles. The molecular weight excluding hydrogens is 368 g/mol. The van der Waals surface area contributed by atoms with Gasteiger partial charge >= 0.3 is 6.09 Å². The van der Waals surface area contributed by atoms with Crippen LogP contribution in [0.5, 0.6) is 0 Å². The molecule has 0 aromatic heterocycles. The quantitative estimate of drug-likeness (QED) is 0.413. The number of guanidine groups is 1. The van der Waals surface area contributed by atoms with Gasteiger partial charge in [-0.25, -0.2) is 4.79 Å². The van der Waals surface area contributed by atoms with Crippen molar-refractivity contribution in [3.05, 3.63) is 29.8 Å². The van der Waals surface area contributed by atoms with Gasteiger partial charge in [0.1, 0.15) is 5.60 Å². The molecule has 29 heavy (non-hydrogen) atoms. The number of aliphatic hydroxyl groups is 1. The molecule has 1 aromatic rings. The Morgan fingerprint density at radius 1 is 1.21 bits per heavy atom. The van der Waals surface area contributed by atoms with Gasteiger partial charge in [0.05, 0.1) is 6.10 Å². The summed E-state index contributed by atoms with van der Waals surface area (Å²) in [5.74, 6) is 1.06. The van der Waals surface area contributed by atoms with Crippen LogP contribution < -0.4 is 16.0 Å². The van der Waals surface area contributed by atoms with Crippen LogP contribution in [0.25, 0.3) is 0 Å². The van der Waals surface area contributed by atoms with E-state index in [0.717, 1.165) is 50.3 Å². The van der Waals surface area contributed by atoms with Crippen molar-refractivity contribution in [2.45, 2.75) is 65.1 Å². The second kappa shape index (κ2) is 11.0. The lowest BCUT2D eigenvalue weighted by Gasteiger charge is -2.19. The Morgan fingerprint density at radius 3 is 2.52 bits per heavy atom. The van der Waals surface area contributed by atoms with Crippen molar-refractivity contribution in [3.8, 4) is 0 Å². The van der Waals surface area contributed by atoms with Crippen LogP contribution in [0.1, 0.15) is 52.5 Å². The predicted octanol–water partition coefficient (Wildman–Crippen LogP) is 3.29. The van der Waals surface area contributed by atoms with Crippen LogP contribution in [0, 0.1) is 5.92 Å². The van der Waals surface area contributed by atoms with Gasteiger partial charge in [-0.3, -0.25) is 10.3 Å². The van der Waals surface area contributed by atoms with Crippen LogP contribution in [0.4, 0.5) is 10.5 Å². The molecule has 2 unspecified atom stereocenters. The van der Waals surface area contributed by atoms with E-state index in [2.05, 4.69) is 20.9 Å². The number of anilines is 1. The van der Waals surface area contributed by atoms with E-state index in [1.54, 1.807) is 0 Å². The highest BCUT2D eigenvalue weighted by Crippen LogP contribution is 2.25. The van der Waals surface area contributed by atoms with Gasteiger partial charge < -0.3 is 20.5 Å². The maximum absolute atomic E-state index is 11.8. The zero-order valence-electron chi connectivity index (χ0n) is 18.1. The number of carbonyl (C=O) groups is 1. The molecule has 2 atom stereocenters. The van der Waals surface area contributed by atoms with Gasteiger partial charge in [0, 0.05) is 31.2 Å². The van der Waals surface area contributed by atoms with Gasteiger partial charge in [-0.2, -0.15) is 0 Å². The molecule has 1 aliphatic rings. The third-order valence-electron chi connectivity index (χ3n) is 4.75. The number of aliphatic hydroxyl groups excluding tert-OH is 1. The van der Waals surface area contributed by atoms with E-state index < -0.39 is 11.7 Å².